The molecule has 1 N–H and O–H groups in total. The molecule has 0 fully saturated rings. The zero-order chi connectivity index (χ0) is 20.4. The molecule has 0 radical (unpaired) electrons. The summed E-state index contributed by atoms with van der Waals surface area (Å²) in [5.74, 6) is 0.577. The zero-order valence-electron chi connectivity index (χ0n) is 15.7. The van der Waals surface area contributed by atoms with Crippen molar-refractivity contribution >= 4 is 23.0 Å². The Hall–Kier alpha value is -3.87. The van der Waals surface area contributed by atoms with Gasteiger partial charge in [-0.15, -0.1) is 0 Å². The molecule has 0 bridgehead atoms. The highest BCUT2D eigenvalue weighted by molar-refractivity contribution is 6.12. The number of benzene rings is 3. The lowest BCUT2D eigenvalue weighted by Gasteiger charge is -2.38. The SMILES string of the molecule is CCOc1ccc(N2C(=O)c3ccccc3NC2c2ccc([N+](=O)[O-])cc2)cc1. The lowest BCUT2D eigenvalue weighted by Crippen LogP contribution is -2.43. The Morgan fingerprint density at radius 1 is 1.03 bits per heavy atom. The number of fused-ring (bicyclic) bond motifs is 1. The molecular weight excluding hydrogens is 370 g/mol. The van der Waals surface area contributed by atoms with Crippen LogP contribution in [0.15, 0.2) is 72.8 Å². The van der Waals surface area contributed by atoms with E-state index >= 15 is 0 Å². The topological polar surface area (TPSA) is 84.7 Å². The summed E-state index contributed by atoms with van der Waals surface area (Å²) >= 11 is 0. The van der Waals surface area contributed by atoms with Crippen LogP contribution in [0.1, 0.15) is 29.0 Å². The molecule has 0 saturated heterocycles. The molecule has 0 spiro atoms. The molecule has 29 heavy (non-hydrogen) atoms. The highest BCUT2D eigenvalue weighted by Crippen LogP contribution is 2.37. The smallest absolute Gasteiger partial charge is 0.269 e. The number of ether oxygens (including phenoxy) is 1. The van der Waals surface area contributed by atoms with Gasteiger partial charge in [0.2, 0.25) is 0 Å². The van der Waals surface area contributed by atoms with E-state index in [4.69, 9.17) is 4.74 Å². The van der Waals surface area contributed by atoms with E-state index < -0.39 is 11.1 Å². The van der Waals surface area contributed by atoms with Gasteiger partial charge >= 0.3 is 0 Å². The fraction of sp³-hybridized carbons (Fsp3) is 0.136. The predicted molar refractivity (Wildman–Crippen MR) is 110 cm³/mol. The highest BCUT2D eigenvalue weighted by atomic mass is 16.6. The second kappa shape index (κ2) is 7.63. The Bertz CT molecular complexity index is 1050. The maximum absolute atomic E-state index is 13.3. The van der Waals surface area contributed by atoms with Gasteiger partial charge in [0.25, 0.3) is 11.6 Å². The Labute approximate surface area is 167 Å². The van der Waals surface area contributed by atoms with Crippen molar-refractivity contribution in [2.75, 3.05) is 16.8 Å². The van der Waals surface area contributed by atoms with Gasteiger partial charge in [-0.1, -0.05) is 12.1 Å². The number of nitro benzene ring substituents is 1. The summed E-state index contributed by atoms with van der Waals surface area (Å²) in [6.07, 6.45) is -0.504. The van der Waals surface area contributed by atoms with E-state index in [1.165, 1.54) is 12.1 Å². The first-order valence-electron chi connectivity index (χ1n) is 9.25. The number of nitro groups is 1. The third-order valence-electron chi connectivity index (χ3n) is 4.77. The number of para-hydroxylation sites is 1. The number of hydrogen-bond acceptors (Lipinski definition) is 5. The summed E-state index contributed by atoms with van der Waals surface area (Å²) in [7, 11) is 0. The number of non-ortho nitro benzene ring substituents is 1. The molecule has 3 aromatic carbocycles. The molecular formula is C22H19N3O4. The molecule has 1 unspecified atom stereocenters. The largest absolute Gasteiger partial charge is 0.494 e. The standard InChI is InChI=1S/C22H19N3O4/c1-2-29-18-13-11-16(12-14-18)24-21(15-7-9-17(10-8-15)25(27)28)23-20-6-4-3-5-19(20)22(24)26/h3-14,21,23H,2H2,1H3. The number of amides is 1. The van der Waals surface area contributed by atoms with Crippen LogP contribution in [0.3, 0.4) is 0 Å². The van der Waals surface area contributed by atoms with Gasteiger partial charge in [0.05, 0.1) is 17.1 Å². The number of anilines is 2. The number of hydrogen-bond donors (Lipinski definition) is 1. The van der Waals surface area contributed by atoms with E-state index in [0.717, 1.165) is 17.0 Å². The molecule has 0 saturated carbocycles. The van der Waals surface area contributed by atoms with Gasteiger partial charge in [0.1, 0.15) is 11.9 Å². The summed E-state index contributed by atoms with van der Waals surface area (Å²) in [6, 6.07) is 20.8. The maximum Gasteiger partial charge on any atom is 0.269 e. The second-order valence-corrected chi connectivity index (χ2v) is 6.54. The summed E-state index contributed by atoms with van der Waals surface area (Å²) in [6.45, 7) is 2.47. The number of carbonyl (C=O) groups excluding carboxylic acids is 1. The van der Waals surface area contributed by atoms with Crippen LogP contribution in [-0.2, 0) is 0 Å². The van der Waals surface area contributed by atoms with Crippen LogP contribution in [0, 0.1) is 10.1 Å². The quantitative estimate of drug-likeness (QED) is 0.502. The Morgan fingerprint density at radius 3 is 2.38 bits per heavy atom. The van der Waals surface area contributed by atoms with Crippen molar-refractivity contribution in [1.82, 2.24) is 0 Å². The first-order valence-corrected chi connectivity index (χ1v) is 9.25. The van der Waals surface area contributed by atoms with E-state index in [1.807, 2.05) is 49.4 Å². The number of nitrogens with zero attached hydrogens (tertiary/aromatic N) is 2. The van der Waals surface area contributed by atoms with Gasteiger partial charge in [-0.05, 0) is 61.0 Å². The van der Waals surface area contributed by atoms with Crippen LogP contribution < -0.4 is 15.0 Å². The van der Waals surface area contributed by atoms with E-state index in [1.54, 1.807) is 23.1 Å². The van der Waals surface area contributed by atoms with Crippen molar-refractivity contribution in [2.24, 2.45) is 0 Å². The molecule has 0 aromatic heterocycles. The van der Waals surface area contributed by atoms with Gasteiger partial charge in [0.15, 0.2) is 0 Å². The van der Waals surface area contributed by atoms with E-state index in [0.29, 0.717) is 17.9 Å². The van der Waals surface area contributed by atoms with Crippen molar-refractivity contribution in [2.45, 2.75) is 13.1 Å². The average Bonchev–Trinajstić information content (AvgIpc) is 2.75. The molecule has 3 aromatic rings. The average molecular weight is 389 g/mol. The number of carbonyl (C=O) groups is 1. The van der Waals surface area contributed by atoms with Gasteiger partial charge in [-0.25, -0.2) is 0 Å². The van der Waals surface area contributed by atoms with Crippen molar-refractivity contribution in [3.63, 3.8) is 0 Å². The Morgan fingerprint density at radius 2 is 1.72 bits per heavy atom. The molecule has 7 heteroatoms. The minimum Gasteiger partial charge on any atom is -0.494 e. The minimum atomic E-state index is -0.504. The van der Waals surface area contributed by atoms with Gasteiger partial charge in [-0.3, -0.25) is 19.8 Å². The van der Waals surface area contributed by atoms with E-state index in [9.17, 15) is 14.9 Å². The number of rotatable bonds is 5. The number of nitrogens with one attached hydrogen (secondary N) is 1. The monoisotopic (exact) mass is 389 g/mol. The first-order chi connectivity index (χ1) is 14.1. The fourth-order valence-electron chi connectivity index (χ4n) is 3.40. The predicted octanol–water partition coefficient (Wildman–Crippen LogP) is 4.76. The third kappa shape index (κ3) is 3.50. The zero-order valence-corrected chi connectivity index (χ0v) is 15.7. The van der Waals surface area contributed by atoms with Crippen LogP contribution in [-0.4, -0.2) is 17.4 Å². The summed E-state index contributed by atoms with van der Waals surface area (Å²) in [5.41, 5.74) is 2.74. The molecule has 1 aliphatic heterocycles. The highest BCUT2D eigenvalue weighted by Gasteiger charge is 2.34. The minimum absolute atomic E-state index is 0.00361. The fourth-order valence-corrected chi connectivity index (χ4v) is 3.40. The van der Waals surface area contributed by atoms with Gasteiger partial charge in [0, 0.05) is 23.5 Å². The Kier molecular flexibility index (Phi) is 4.87. The maximum atomic E-state index is 13.3. The van der Waals surface area contributed by atoms with E-state index in [-0.39, 0.29) is 11.6 Å². The Balaban J connectivity index is 1.77. The third-order valence-corrected chi connectivity index (χ3v) is 4.77. The lowest BCUT2D eigenvalue weighted by atomic mass is 10.0. The molecule has 1 aliphatic rings. The first kappa shape index (κ1) is 18.5. The normalized spacial score (nSPS) is 15.4. The summed E-state index contributed by atoms with van der Waals surface area (Å²) in [5, 5.41) is 14.4. The molecule has 1 heterocycles. The van der Waals surface area contributed by atoms with Crippen LogP contribution in [0.5, 0.6) is 5.75 Å². The van der Waals surface area contributed by atoms with Gasteiger partial charge in [-0.2, -0.15) is 0 Å². The van der Waals surface area contributed by atoms with Gasteiger partial charge < -0.3 is 10.1 Å². The van der Waals surface area contributed by atoms with Crippen molar-refractivity contribution in [3.8, 4) is 5.75 Å². The van der Waals surface area contributed by atoms with E-state index in [2.05, 4.69) is 5.32 Å². The van der Waals surface area contributed by atoms with Crippen LogP contribution in [0.2, 0.25) is 0 Å². The van der Waals surface area contributed by atoms with Crippen molar-refractivity contribution in [1.29, 1.82) is 0 Å². The lowest BCUT2D eigenvalue weighted by molar-refractivity contribution is -0.384. The molecule has 1 amide bonds. The molecule has 146 valence electrons. The molecule has 4 rings (SSSR count). The van der Waals surface area contributed by atoms with Crippen LogP contribution in [0.25, 0.3) is 0 Å². The second-order valence-electron chi connectivity index (χ2n) is 6.54. The van der Waals surface area contributed by atoms with Crippen molar-refractivity contribution < 1.29 is 14.5 Å². The summed E-state index contributed by atoms with van der Waals surface area (Å²) < 4.78 is 5.50. The molecule has 0 aliphatic carbocycles. The molecule has 1 atom stereocenters. The summed E-state index contributed by atoms with van der Waals surface area (Å²) in [4.78, 5) is 25.5. The van der Waals surface area contributed by atoms with Crippen LogP contribution >= 0.6 is 0 Å². The van der Waals surface area contributed by atoms with Crippen molar-refractivity contribution in [3.05, 3.63) is 94.0 Å². The molecule has 7 nitrogen and oxygen atoms in total. The van der Waals surface area contributed by atoms with Crippen LogP contribution in [0.4, 0.5) is 17.1 Å².